The third-order valence-corrected chi connectivity index (χ3v) is 5.95. The van der Waals surface area contributed by atoms with E-state index in [1.54, 1.807) is 41.2 Å². The van der Waals surface area contributed by atoms with Gasteiger partial charge in [0.25, 0.3) is 5.91 Å². The van der Waals surface area contributed by atoms with Crippen molar-refractivity contribution in [3.05, 3.63) is 72.4 Å². The van der Waals surface area contributed by atoms with Crippen molar-refractivity contribution < 1.29 is 17.9 Å². The van der Waals surface area contributed by atoms with Crippen LogP contribution in [-0.2, 0) is 16.4 Å². The second-order valence-electron chi connectivity index (χ2n) is 7.58. The van der Waals surface area contributed by atoms with E-state index in [4.69, 9.17) is 9.72 Å². The zero-order valence-electron chi connectivity index (χ0n) is 18.4. The van der Waals surface area contributed by atoms with Gasteiger partial charge in [0.2, 0.25) is 0 Å². The summed E-state index contributed by atoms with van der Waals surface area (Å²) in [5, 5.41) is 7.93. The molecule has 1 N–H and O–H groups in total. The summed E-state index contributed by atoms with van der Waals surface area (Å²) in [7, 11) is -3.12. The zero-order valence-corrected chi connectivity index (χ0v) is 19.2. The molecule has 0 saturated carbocycles. The number of carbonyl (C=O) groups excluding carboxylic acids is 1. The number of rotatable bonds is 8. The minimum absolute atomic E-state index is 0.0395. The summed E-state index contributed by atoms with van der Waals surface area (Å²) in [5.41, 5.74) is 3.22. The van der Waals surface area contributed by atoms with Crippen molar-refractivity contribution in [1.82, 2.24) is 14.8 Å². The van der Waals surface area contributed by atoms with Gasteiger partial charge in [0.1, 0.15) is 12.4 Å². The maximum absolute atomic E-state index is 13.3. The van der Waals surface area contributed by atoms with Gasteiger partial charge in [-0.3, -0.25) is 4.79 Å². The van der Waals surface area contributed by atoms with E-state index in [9.17, 15) is 13.2 Å². The molecule has 0 atom stereocenters. The van der Waals surface area contributed by atoms with Crippen molar-refractivity contribution in [2.75, 3.05) is 23.9 Å². The van der Waals surface area contributed by atoms with Gasteiger partial charge in [0.05, 0.1) is 28.6 Å². The van der Waals surface area contributed by atoms with E-state index in [1.165, 1.54) is 0 Å². The molecule has 0 aliphatic heterocycles. The second-order valence-corrected chi connectivity index (χ2v) is 9.84. The lowest BCUT2D eigenvalue weighted by Crippen LogP contribution is -2.14. The number of carbonyl (C=O) groups is 1. The summed E-state index contributed by atoms with van der Waals surface area (Å²) >= 11 is 0. The van der Waals surface area contributed by atoms with Crippen molar-refractivity contribution in [3.8, 4) is 17.0 Å². The zero-order chi connectivity index (χ0) is 23.4. The molecule has 2 heterocycles. The molecule has 9 heteroatoms. The molecule has 0 aliphatic carbocycles. The Balaban J connectivity index is 1.63. The standard InChI is InChI=1S/C24H24N4O4S/c1-3-28-23-21(16-25-28)20(15-22(27-23)17-8-5-4-6-9-17)24(29)26-18-10-7-11-19(14-18)32-12-13-33(2,30)31/h4-11,14-16H,3,12-13H2,1-2H3,(H,26,29). The summed E-state index contributed by atoms with van der Waals surface area (Å²) in [6, 6.07) is 18.3. The van der Waals surface area contributed by atoms with E-state index in [0.29, 0.717) is 40.3 Å². The van der Waals surface area contributed by atoms with E-state index < -0.39 is 9.84 Å². The number of aromatic nitrogens is 3. The van der Waals surface area contributed by atoms with Crippen LogP contribution in [0.3, 0.4) is 0 Å². The summed E-state index contributed by atoms with van der Waals surface area (Å²) in [4.78, 5) is 18.0. The molecule has 1 amide bonds. The van der Waals surface area contributed by atoms with E-state index in [0.717, 1.165) is 11.8 Å². The van der Waals surface area contributed by atoms with Crippen LogP contribution in [0.1, 0.15) is 17.3 Å². The molecule has 2 aromatic heterocycles. The number of benzene rings is 2. The van der Waals surface area contributed by atoms with Crippen LogP contribution in [0.4, 0.5) is 5.69 Å². The molecule has 0 spiro atoms. The first kappa shape index (κ1) is 22.5. The second kappa shape index (κ2) is 9.41. The quantitative estimate of drug-likeness (QED) is 0.426. The number of hydrogen-bond donors (Lipinski definition) is 1. The smallest absolute Gasteiger partial charge is 0.256 e. The number of aryl methyl sites for hydroxylation is 1. The van der Waals surface area contributed by atoms with E-state index in [2.05, 4.69) is 10.4 Å². The Kier molecular flexibility index (Phi) is 6.41. The summed E-state index contributed by atoms with van der Waals surface area (Å²) in [5.74, 6) is 0.0889. The van der Waals surface area contributed by atoms with E-state index >= 15 is 0 Å². The molecule has 0 radical (unpaired) electrons. The van der Waals surface area contributed by atoms with Crippen LogP contribution in [0.5, 0.6) is 5.75 Å². The van der Waals surface area contributed by atoms with Gasteiger partial charge < -0.3 is 10.1 Å². The predicted octanol–water partition coefficient (Wildman–Crippen LogP) is 3.79. The molecule has 0 fully saturated rings. The largest absolute Gasteiger partial charge is 0.492 e. The number of ether oxygens (including phenoxy) is 1. The SMILES string of the molecule is CCn1ncc2c(C(=O)Nc3cccc(OCCS(C)(=O)=O)c3)cc(-c3ccccc3)nc21. The normalized spacial score (nSPS) is 11.5. The third kappa shape index (κ3) is 5.38. The number of fused-ring (bicyclic) bond motifs is 1. The number of hydrogen-bond acceptors (Lipinski definition) is 6. The minimum Gasteiger partial charge on any atom is -0.492 e. The Hall–Kier alpha value is -3.72. The first-order valence-electron chi connectivity index (χ1n) is 10.5. The van der Waals surface area contributed by atoms with Crippen LogP contribution in [0.15, 0.2) is 66.9 Å². The molecule has 8 nitrogen and oxygen atoms in total. The van der Waals surface area contributed by atoms with Crippen molar-refractivity contribution in [3.63, 3.8) is 0 Å². The van der Waals surface area contributed by atoms with Crippen LogP contribution >= 0.6 is 0 Å². The summed E-state index contributed by atoms with van der Waals surface area (Å²) < 4.78 is 29.9. The average Bonchev–Trinajstić information content (AvgIpc) is 3.21. The van der Waals surface area contributed by atoms with Gasteiger partial charge in [-0.1, -0.05) is 36.4 Å². The van der Waals surface area contributed by atoms with Gasteiger partial charge in [-0.05, 0) is 25.1 Å². The molecular formula is C24H24N4O4S. The van der Waals surface area contributed by atoms with Gasteiger partial charge in [-0.2, -0.15) is 5.10 Å². The van der Waals surface area contributed by atoms with Crippen LogP contribution in [0, 0.1) is 0 Å². The topological polar surface area (TPSA) is 103 Å². The van der Waals surface area contributed by atoms with Gasteiger partial charge in [-0.25, -0.2) is 18.1 Å². The van der Waals surface area contributed by atoms with Crippen LogP contribution in [0.2, 0.25) is 0 Å². The Morgan fingerprint density at radius 3 is 2.61 bits per heavy atom. The highest BCUT2D eigenvalue weighted by molar-refractivity contribution is 7.90. The van der Waals surface area contributed by atoms with Crippen molar-refractivity contribution in [1.29, 1.82) is 0 Å². The molecule has 2 aromatic carbocycles. The fraction of sp³-hybridized carbons (Fsp3) is 0.208. The lowest BCUT2D eigenvalue weighted by atomic mass is 10.1. The van der Waals surface area contributed by atoms with Crippen molar-refractivity contribution in [2.45, 2.75) is 13.5 Å². The number of pyridine rings is 1. The van der Waals surface area contributed by atoms with Gasteiger partial charge in [-0.15, -0.1) is 0 Å². The fourth-order valence-electron chi connectivity index (χ4n) is 3.40. The van der Waals surface area contributed by atoms with E-state index in [-0.39, 0.29) is 18.3 Å². The van der Waals surface area contributed by atoms with Crippen LogP contribution in [-0.4, -0.2) is 47.7 Å². The Bertz CT molecular complexity index is 1400. The molecule has 33 heavy (non-hydrogen) atoms. The van der Waals surface area contributed by atoms with Crippen LogP contribution < -0.4 is 10.1 Å². The monoisotopic (exact) mass is 464 g/mol. The highest BCUT2D eigenvalue weighted by Crippen LogP contribution is 2.26. The highest BCUT2D eigenvalue weighted by Gasteiger charge is 2.17. The van der Waals surface area contributed by atoms with Crippen LogP contribution in [0.25, 0.3) is 22.3 Å². The van der Waals surface area contributed by atoms with Crippen molar-refractivity contribution in [2.24, 2.45) is 0 Å². The molecule has 0 aliphatic rings. The first-order chi connectivity index (χ1) is 15.8. The molecular weight excluding hydrogens is 440 g/mol. The maximum Gasteiger partial charge on any atom is 0.256 e. The van der Waals surface area contributed by atoms with Gasteiger partial charge in [0, 0.05) is 30.1 Å². The number of amides is 1. The minimum atomic E-state index is -3.12. The average molecular weight is 465 g/mol. The number of sulfone groups is 1. The van der Waals surface area contributed by atoms with Gasteiger partial charge >= 0.3 is 0 Å². The molecule has 4 aromatic rings. The Morgan fingerprint density at radius 1 is 1.09 bits per heavy atom. The molecule has 170 valence electrons. The summed E-state index contributed by atoms with van der Waals surface area (Å²) in [6.07, 6.45) is 2.81. The number of nitrogens with zero attached hydrogens (tertiary/aromatic N) is 3. The lowest BCUT2D eigenvalue weighted by Gasteiger charge is -2.11. The molecule has 4 rings (SSSR count). The fourth-order valence-corrected chi connectivity index (χ4v) is 3.78. The number of nitrogens with one attached hydrogen (secondary N) is 1. The Morgan fingerprint density at radius 2 is 1.88 bits per heavy atom. The lowest BCUT2D eigenvalue weighted by molar-refractivity contribution is 0.102. The molecule has 0 bridgehead atoms. The van der Waals surface area contributed by atoms with Gasteiger partial charge in [0.15, 0.2) is 15.5 Å². The third-order valence-electron chi connectivity index (χ3n) is 5.04. The van der Waals surface area contributed by atoms with E-state index in [1.807, 2.05) is 37.3 Å². The predicted molar refractivity (Wildman–Crippen MR) is 128 cm³/mol. The Labute approximate surface area is 192 Å². The maximum atomic E-state index is 13.3. The molecule has 0 saturated heterocycles. The first-order valence-corrected chi connectivity index (χ1v) is 12.5. The number of anilines is 1. The highest BCUT2D eigenvalue weighted by atomic mass is 32.2. The van der Waals surface area contributed by atoms with Crippen molar-refractivity contribution >= 4 is 32.5 Å². The molecule has 0 unspecified atom stereocenters. The summed E-state index contributed by atoms with van der Waals surface area (Å²) in [6.45, 7) is 2.64.